The van der Waals surface area contributed by atoms with Crippen molar-refractivity contribution in [1.29, 1.82) is 0 Å². The predicted octanol–water partition coefficient (Wildman–Crippen LogP) is 11.9. The molecule has 0 aliphatic heterocycles. The summed E-state index contributed by atoms with van der Waals surface area (Å²) in [5, 5.41) is 20.2. The van der Waals surface area contributed by atoms with Crippen molar-refractivity contribution < 1.29 is 28.6 Å². The van der Waals surface area contributed by atoms with Crippen LogP contribution in [0.2, 0.25) is 19.6 Å². The third kappa shape index (κ3) is 21.0. The number of rotatable bonds is 17. The molecule has 0 aliphatic rings. The van der Waals surface area contributed by atoms with Gasteiger partial charge in [0.15, 0.2) is 0 Å². The number of methoxy groups -OCH3 is 3. The van der Waals surface area contributed by atoms with Gasteiger partial charge in [-0.2, -0.15) is 0 Å². The molecule has 3 amide bonds. The van der Waals surface area contributed by atoms with Crippen molar-refractivity contribution in [3.8, 4) is 51.0 Å². The van der Waals surface area contributed by atoms with Gasteiger partial charge in [0.2, 0.25) is 0 Å². The largest absolute Gasteiger partial charge is 0.399 e. The summed E-state index contributed by atoms with van der Waals surface area (Å²) in [6, 6.07) is 40.3. The molecule has 0 radical (unpaired) electrons. The van der Waals surface area contributed by atoms with Crippen LogP contribution in [0.5, 0.6) is 0 Å². The molecule has 408 valence electrons. The lowest BCUT2D eigenvalue weighted by molar-refractivity contribution is 0.0898. The highest BCUT2D eigenvalue weighted by Crippen LogP contribution is 2.29. The molecule has 78 heavy (non-hydrogen) atoms. The second-order valence-corrected chi connectivity index (χ2v) is 24.7. The first kappa shape index (κ1) is 62.2. The summed E-state index contributed by atoms with van der Waals surface area (Å²) in [6.07, 6.45) is 8.48. The Balaban J connectivity index is 0.000000240. The van der Waals surface area contributed by atoms with Gasteiger partial charge in [0, 0.05) is 72.4 Å². The lowest BCUT2D eigenvalue weighted by Crippen LogP contribution is -2.35. The van der Waals surface area contributed by atoms with Crippen LogP contribution >= 0.6 is 0 Å². The van der Waals surface area contributed by atoms with Crippen LogP contribution in [0, 0.1) is 32.7 Å². The van der Waals surface area contributed by atoms with Gasteiger partial charge < -0.3 is 35.9 Å². The van der Waals surface area contributed by atoms with Crippen LogP contribution in [-0.4, -0.2) is 100 Å². The number of terminal acetylenes is 1. The van der Waals surface area contributed by atoms with Crippen molar-refractivity contribution in [3.63, 3.8) is 0 Å². The van der Waals surface area contributed by atoms with Crippen LogP contribution < -0.4 is 21.7 Å². The lowest BCUT2D eigenvalue weighted by atomic mass is 10.0. The normalized spacial score (nSPS) is 11.7. The summed E-state index contributed by atoms with van der Waals surface area (Å²) in [5.41, 5.74) is 30.0. The van der Waals surface area contributed by atoms with E-state index in [1.54, 1.807) is 68.7 Å². The van der Waals surface area contributed by atoms with Gasteiger partial charge in [-0.1, -0.05) is 119 Å². The van der Waals surface area contributed by atoms with Crippen molar-refractivity contribution in [2.45, 2.75) is 79.3 Å². The Bertz CT molecular complexity index is 3130. The second-order valence-electron chi connectivity index (χ2n) is 19.9. The Morgan fingerprint density at radius 2 is 0.987 bits per heavy atom. The summed E-state index contributed by atoms with van der Waals surface area (Å²) in [7, 11) is 3.70. The van der Waals surface area contributed by atoms with E-state index in [0.29, 0.717) is 47.9 Å². The molecule has 0 spiro atoms. The van der Waals surface area contributed by atoms with E-state index in [9.17, 15) is 14.4 Å². The average molecular weight is 1070 g/mol. The molecule has 0 fully saturated rings. The minimum Gasteiger partial charge on any atom is -0.399 e. The zero-order valence-corrected chi connectivity index (χ0v) is 47.9. The van der Waals surface area contributed by atoms with Crippen molar-refractivity contribution in [2.24, 2.45) is 5.11 Å². The molecule has 0 saturated heterocycles. The van der Waals surface area contributed by atoms with E-state index in [4.69, 9.17) is 31.9 Å². The number of hydrogen-bond donors (Lipinski definition) is 4. The van der Waals surface area contributed by atoms with Crippen LogP contribution in [0.25, 0.3) is 49.5 Å². The van der Waals surface area contributed by atoms with Gasteiger partial charge in [0.1, 0.15) is 8.07 Å². The van der Waals surface area contributed by atoms with Gasteiger partial charge in [-0.3, -0.25) is 14.4 Å². The number of nitrogens with two attached hydrogens (primary N) is 1. The third-order valence-corrected chi connectivity index (χ3v) is 12.3. The highest BCUT2D eigenvalue weighted by atomic mass is 28.3. The second kappa shape index (κ2) is 31.0. The highest BCUT2D eigenvalue weighted by Gasteiger charge is 2.16. The Morgan fingerprint density at radius 3 is 1.35 bits per heavy atom. The Labute approximate surface area is 460 Å². The number of nitrogens with zero attached hydrogens (tertiary/aromatic N) is 6. The monoisotopic (exact) mass is 1070 g/mol. The van der Waals surface area contributed by atoms with E-state index in [2.05, 4.69) is 73.6 Å². The molecular weight excluding hydrogens is 997 g/mol. The average Bonchev–Trinajstić information content (AvgIpc) is 3.96. The number of nitrogen functional groups attached to an aromatic ring is 1. The van der Waals surface area contributed by atoms with Crippen molar-refractivity contribution in [1.82, 2.24) is 30.9 Å². The molecule has 0 bridgehead atoms. The maximum absolute atomic E-state index is 12.7. The molecule has 7 rings (SSSR count). The fraction of sp³-hybridized carbons (Fsp3) is 0.295. The van der Waals surface area contributed by atoms with E-state index in [0.717, 1.165) is 44.6 Å². The van der Waals surface area contributed by atoms with Gasteiger partial charge in [-0.25, -0.2) is 4.68 Å². The van der Waals surface area contributed by atoms with Gasteiger partial charge in [-0.05, 0) is 135 Å². The molecule has 1 heterocycles. The summed E-state index contributed by atoms with van der Waals surface area (Å²) >= 11 is 0. The van der Waals surface area contributed by atoms with E-state index in [-0.39, 0.29) is 35.8 Å². The molecule has 7 aromatic rings. The third-order valence-electron chi connectivity index (χ3n) is 11.4. The van der Waals surface area contributed by atoms with E-state index >= 15 is 0 Å². The first-order chi connectivity index (χ1) is 37.1. The predicted molar refractivity (Wildman–Crippen MR) is 317 cm³/mol. The number of benzene rings is 6. The first-order valence-corrected chi connectivity index (χ1v) is 28.9. The summed E-state index contributed by atoms with van der Waals surface area (Å²) < 4.78 is 16.8. The number of amides is 3. The van der Waals surface area contributed by atoms with Gasteiger partial charge in [0.25, 0.3) is 17.7 Å². The fourth-order valence-electron chi connectivity index (χ4n) is 7.39. The van der Waals surface area contributed by atoms with Crippen LogP contribution in [0.3, 0.4) is 0 Å². The van der Waals surface area contributed by atoms with Crippen molar-refractivity contribution in [3.05, 3.63) is 184 Å². The zero-order valence-electron chi connectivity index (χ0n) is 46.9. The van der Waals surface area contributed by atoms with Gasteiger partial charge >= 0.3 is 0 Å². The van der Waals surface area contributed by atoms with Gasteiger partial charge in [0.05, 0.1) is 37.9 Å². The maximum Gasteiger partial charge on any atom is 0.251 e. The molecular formula is C61H74N10O6Si. The standard InChI is InChI=1S/C20H22N4O2.C18H20N4O2.C18H22N2O2.C5H10Si/c1-14-4-6-16(7-5-14)17-10-18(20(25)22-15(2)13-26-3)12-19(11-17)24-9-8-21-23-24;1-12-4-6-14(7-5-12)15-8-16(10-17(9-15)21-22-19)18(23)20-13(2)11-24-3;1-12-4-6-14(7-5-12)15-8-16(10-17(19)9-15)18(21)20-13(2)11-22-3;1-5-6(2,3)4/h4-12,15H,13H2,1-3H3,(H,22,25);4-10,13H,11H2,1-3H3,(H,20,23);4-10,13H,11,19H2,1-3H3,(H,20,21);1H,2-4H3. The number of carbonyl (C=O) groups is 3. The Morgan fingerprint density at radius 1 is 0.615 bits per heavy atom. The minimum atomic E-state index is -1.10. The lowest BCUT2D eigenvalue weighted by Gasteiger charge is -2.14. The smallest absolute Gasteiger partial charge is 0.251 e. The Kier molecular flexibility index (Phi) is 24.7. The number of aryl methyl sites for hydroxylation is 3. The number of carbonyl (C=O) groups excluding carboxylic acids is 3. The quantitative estimate of drug-likeness (QED) is 0.0170. The molecule has 0 aliphatic carbocycles. The Hall–Kier alpha value is -8.36. The number of nitrogens with one attached hydrogen (secondary N) is 3. The number of hydrogen-bond acceptors (Lipinski definition) is 10. The maximum atomic E-state index is 12.7. The fourth-order valence-corrected chi connectivity index (χ4v) is 7.39. The number of aromatic nitrogens is 3. The van der Waals surface area contributed by atoms with Crippen molar-refractivity contribution >= 4 is 37.2 Å². The minimum absolute atomic E-state index is 0.0539. The summed E-state index contributed by atoms with van der Waals surface area (Å²) in [4.78, 5) is 40.2. The van der Waals surface area contributed by atoms with Crippen LogP contribution in [0.1, 0.15) is 68.5 Å². The molecule has 5 N–H and O–H groups in total. The molecule has 3 atom stereocenters. The van der Waals surface area contributed by atoms with Crippen LogP contribution in [0.4, 0.5) is 11.4 Å². The van der Waals surface area contributed by atoms with E-state index in [1.165, 1.54) is 11.1 Å². The number of anilines is 1. The number of ether oxygens (including phenoxy) is 3. The highest BCUT2D eigenvalue weighted by molar-refractivity contribution is 6.83. The van der Waals surface area contributed by atoms with Crippen molar-refractivity contribution in [2.75, 3.05) is 46.9 Å². The summed E-state index contributed by atoms with van der Waals surface area (Å²) in [5.74, 6) is -0.530. The number of azide groups is 1. The molecule has 0 saturated carbocycles. The SMILES string of the molecule is C#C[Si](C)(C)C.COCC(C)NC(=O)c1cc(-c2ccc(C)cc2)cc(-n2ccnn2)c1.COCC(C)NC(=O)c1cc(N)cc(-c2ccc(C)cc2)c1.COCC(C)NC(=O)c1cc(N=[N+]=[N-])cc(-c2ccc(C)cc2)c1. The molecule has 17 heteroatoms. The molecule has 3 unspecified atom stereocenters. The topological polar surface area (TPSA) is 220 Å². The van der Waals surface area contributed by atoms with Crippen LogP contribution in [-0.2, 0) is 14.2 Å². The molecule has 1 aromatic heterocycles. The molecule has 6 aromatic carbocycles. The van der Waals surface area contributed by atoms with E-state index < -0.39 is 8.07 Å². The summed E-state index contributed by atoms with van der Waals surface area (Å²) in [6.45, 7) is 19.6. The van der Waals surface area contributed by atoms with Gasteiger partial charge in [-0.15, -0.1) is 17.1 Å². The zero-order chi connectivity index (χ0) is 57.4. The van der Waals surface area contributed by atoms with E-state index in [1.807, 2.05) is 126 Å². The molecule has 16 nitrogen and oxygen atoms in total. The van der Waals surface area contributed by atoms with Crippen LogP contribution in [0.15, 0.2) is 145 Å². The first-order valence-electron chi connectivity index (χ1n) is 25.4.